The lowest BCUT2D eigenvalue weighted by atomic mass is 9.78. The van der Waals surface area contributed by atoms with Crippen LogP contribution in [0.15, 0.2) is 48.5 Å². The molecule has 2 aromatic rings. The summed E-state index contributed by atoms with van der Waals surface area (Å²) in [6.45, 7) is 3.03. The highest BCUT2D eigenvalue weighted by atomic mass is 19.1. The average Bonchev–Trinajstić information content (AvgIpc) is 3.22. The first-order chi connectivity index (χ1) is 17.4. The Morgan fingerprint density at radius 2 is 1.56 bits per heavy atom. The average molecular weight is 494 g/mol. The highest BCUT2D eigenvalue weighted by molar-refractivity contribution is 6.22. The molecule has 0 saturated carbocycles. The summed E-state index contributed by atoms with van der Waals surface area (Å²) in [5, 5.41) is 0. The van der Waals surface area contributed by atoms with E-state index in [1.165, 1.54) is 17.0 Å². The number of piperidine rings is 2. The number of likely N-dealkylation sites (tertiary alicyclic amines) is 2. The Bertz CT molecular complexity index is 1120. The van der Waals surface area contributed by atoms with Crippen molar-refractivity contribution in [2.75, 3.05) is 38.2 Å². The molecule has 0 N–H and O–H groups in total. The van der Waals surface area contributed by atoms with Gasteiger partial charge in [-0.05, 0) is 87.0 Å². The number of carbonyl (C=O) groups excluding carboxylic acids is 3. The van der Waals surface area contributed by atoms with Gasteiger partial charge < -0.3 is 9.64 Å². The molecule has 2 aromatic carbocycles. The smallest absolute Gasteiger partial charge is 0.253 e. The summed E-state index contributed by atoms with van der Waals surface area (Å²) in [4.78, 5) is 44.0. The highest BCUT2D eigenvalue weighted by Gasteiger charge is 2.44. The third-order valence-electron chi connectivity index (χ3n) is 8.03. The SMILES string of the molecule is COc1cccc(N2C(=O)CC(N3CCC(C4CCN(C(=O)c5ccc(F)cc5)CC4)CC3)C2=O)c1. The van der Waals surface area contributed by atoms with Crippen molar-refractivity contribution in [2.45, 2.75) is 38.1 Å². The van der Waals surface area contributed by atoms with Gasteiger partial charge in [-0.3, -0.25) is 19.3 Å². The molecule has 3 fully saturated rings. The normalized spacial score (nSPS) is 22.3. The molecule has 36 heavy (non-hydrogen) atoms. The van der Waals surface area contributed by atoms with Gasteiger partial charge >= 0.3 is 0 Å². The number of hydrogen-bond donors (Lipinski definition) is 0. The Labute approximate surface area is 210 Å². The van der Waals surface area contributed by atoms with Crippen LogP contribution in [0.2, 0.25) is 0 Å². The van der Waals surface area contributed by atoms with Gasteiger partial charge in [-0.25, -0.2) is 9.29 Å². The third-order valence-corrected chi connectivity index (χ3v) is 8.03. The van der Waals surface area contributed by atoms with Gasteiger partial charge in [0.2, 0.25) is 5.91 Å². The fraction of sp³-hybridized carbons (Fsp3) is 0.464. The van der Waals surface area contributed by atoms with Crippen molar-refractivity contribution in [1.82, 2.24) is 9.80 Å². The number of amides is 3. The number of hydrogen-bond acceptors (Lipinski definition) is 5. The van der Waals surface area contributed by atoms with Gasteiger partial charge in [0.1, 0.15) is 11.6 Å². The molecule has 190 valence electrons. The molecule has 0 spiro atoms. The molecule has 0 aliphatic carbocycles. The maximum Gasteiger partial charge on any atom is 0.253 e. The van der Waals surface area contributed by atoms with E-state index in [1.54, 1.807) is 43.5 Å². The number of nitrogens with zero attached hydrogens (tertiary/aromatic N) is 3. The predicted molar refractivity (Wildman–Crippen MR) is 133 cm³/mol. The first-order valence-electron chi connectivity index (χ1n) is 12.7. The zero-order valence-corrected chi connectivity index (χ0v) is 20.6. The maximum absolute atomic E-state index is 13.2. The van der Waals surface area contributed by atoms with Crippen LogP contribution in [0.1, 0.15) is 42.5 Å². The first-order valence-corrected chi connectivity index (χ1v) is 12.7. The summed E-state index contributed by atoms with van der Waals surface area (Å²) >= 11 is 0. The Morgan fingerprint density at radius 3 is 2.19 bits per heavy atom. The minimum atomic E-state index is -0.403. The number of rotatable bonds is 5. The lowest BCUT2D eigenvalue weighted by Crippen LogP contribution is -2.47. The topological polar surface area (TPSA) is 70.2 Å². The monoisotopic (exact) mass is 493 g/mol. The lowest BCUT2D eigenvalue weighted by molar-refractivity contribution is -0.123. The van der Waals surface area contributed by atoms with Crippen molar-refractivity contribution in [3.63, 3.8) is 0 Å². The lowest BCUT2D eigenvalue weighted by Gasteiger charge is -2.41. The van der Waals surface area contributed by atoms with Crippen LogP contribution in [0.25, 0.3) is 0 Å². The quantitative estimate of drug-likeness (QED) is 0.594. The van der Waals surface area contributed by atoms with Crippen LogP contribution in [-0.2, 0) is 9.59 Å². The molecule has 8 heteroatoms. The Balaban J connectivity index is 1.13. The minimum absolute atomic E-state index is 0.0340. The molecule has 0 aromatic heterocycles. The Hall–Kier alpha value is -3.26. The molecule has 0 bridgehead atoms. The molecule has 0 radical (unpaired) electrons. The maximum atomic E-state index is 13.2. The molecule has 3 aliphatic rings. The summed E-state index contributed by atoms with van der Waals surface area (Å²) in [5.41, 5.74) is 1.09. The molecule has 1 atom stereocenters. The fourth-order valence-corrected chi connectivity index (χ4v) is 5.97. The third kappa shape index (κ3) is 4.87. The summed E-state index contributed by atoms with van der Waals surface area (Å²) in [6, 6.07) is 12.4. The molecule has 3 aliphatic heterocycles. The fourth-order valence-electron chi connectivity index (χ4n) is 5.97. The van der Waals surface area contributed by atoms with Gasteiger partial charge in [0.05, 0.1) is 25.3 Å². The van der Waals surface area contributed by atoms with Crippen LogP contribution < -0.4 is 9.64 Å². The molecular weight excluding hydrogens is 461 g/mol. The van der Waals surface area contributed by atoms with Crippen LogP contribution in [0.5, 0.6) is 5.75 Å². The number of imide groups is 1. The van der Waals surface area contributed by atoms with E-state index in [9.17, 15) is 18.8 Å². The summed E-state index contributed by atoms with van der Waals surface area (Å²) in [6.07, 6.45) is 4.12. The zero-order valence-electron chi connectivity index (χ0n) is 20.6. The van der Waals surface area contributed by atoms with Crippen molar-refractivity contribution in [3.8, 4) is 5.75 Å². The summed E-state index contributed by atoms with van der Waals surface area (Å²) in [5.74, 6) is 1.03. The number of halogens is 1. The van der Waals surface area contributed by atoms with Crippen LogP contribution in [0.4, 0.5) is 10.1 Å². The van der Waals surface area contributed by atoms with Crippen LogP contribution in [0.3, 0.4) is 0 Å². The van der Waals surface area contributed by atoms with E-state index in [2.05, 4.69) is 4.90 Å². The van der Waals surface area contributed by atoms with E-state index in [4.69, 9.17) is 4.74 Å². The summed E-state index contributed by atoms with van der Waals surface area (Å²) in [7, 11) is 1.56. The van der Waals surface area contributed by atoms with E-state index in [1.807, 2.05) is 4.90 Å². The van der Waals surface area contributed by atoms with Crippen molar-refractivity contribution in [3.05, 3.63) is 59.9 Å². The Morgan fingerprint density at radius 1 is 0.917 bits per heavy atom. The number of carbonyl (C=O) groups is 3. The Kier molecular flexibility index (Phi) is 7.05. The van der Waals surface area contributed by atoms with Crippen LogP contribution >= 0.6 is 0 Å². The highest BCUT2D eigenvalue weighted by Crippen LogP contribution is 2.35. The van der Waals surface area contributed by atoms with E-state index in [0.29, 0.717) is 41.9 Å². The largest absolute Gasteiger partial charge is 0.497 e. The standard InChI is InChI=1S/C28H32FN3O4/c1-36-24-4-2-3-23(17-24)32-26(33)18-25(28(32)35)30-13-9-19(10-14-30)20-11-15-31(16-12-20)27(34)21-5-7-22(29)8-6-21/h2-8,17,19-20,25H,9-16,18H2,1H3. The number of methoxy groups -OCH3 is 1. The van der Waals surface area contributed by atoms with Gasteiger partial charge in [0, 0.05) is 24.7 Å². The second-order valence-corrected chi connectivity index (χ2v) is 10.00. The van der Waals surface area contributed by atoms with Gasteiger partial charge in [-0.2, -0.15) is 0 Å². The second kappa shape index (κ2) is 10.4. The summed E-state index contributed by atoms with van der Waals surface area (Å²) < 4.78 is 18.4. The van der Waals surface area contributed by atoms with E-state index < -0.39 is 6.04 Å². The molecule has 3 heterocycles. The van der Waals surface area contributed by atoms with Crippen LogP contribution in [0, 0.1) is 17.7 Å². The van der Waals surface area contributed by atoms with E-state index >= 15 is 0 Å². The molecular formula is C28H32FN3O4. The number of anilines is 1. The van der Waals surface area contributed by atoms with Gasteiger partial charge in [-0.1, -0.05) is 6.07 Å². The number of ether oxygens (including phenoxy) is 1. The first kappa shape index (κ1) is 24.4. The predicted octanol–water partition coefficient (Wildman–Crippen LogP) is 3.73. The minimum Gasteiger partial charge on any atom is -0.497 e. The van der Waals surface area contributed by atoms with Crippen molar-refractivity contribution in [1.29, 1.82) is 0 Å². The van der Waals surface area contributed by atoms with Gasteiger partial charge in [0.25, 0.3) is 11.8 Å². The molecule has 5 rings (SSSR count). The molecule has 3 saturated heterocycles. The van der Waals surface area contributed by atoms with Crippen LogP contribution in [-0.4, -0.2) is 66.9 Å². The van der Waals surface area contributed by atoms with Gasteiger partial charge in [-0.15, -0.1) is 0 Å². The van der Waals surface area contributed by atoms with Crippen molar-refractivity contribution >= 4 is 23.4 Å². The van der Waals surface area contributed by atoms with Gasteiger partial charge in [0.15, 0.2) is 0 Å². The second-order valence-electron chi connectivity index (χ2n) is 10.00. The van der Waals surface area contributed by atoms with E-state index in [-0.39, 0.29) is 30.0 Å². The molecule has 1 unspecified atom stereocenters. The zero-order chi connectivity index (χ0) is 25.2. The number of benzene rings is 2. The molecule has 7 nitrogen and oxygen atoms in total. The van der Waals surface area contributed by atoms with E-state index in [0.717, 1.165) is 38.8 Å². The van der Waals surface area contributed by atoms with Crippen molar-refractivity contribution in [2.24, 2.45) is 11.8 Å². The van der Waals surface area contributed by atoms with Crippen molar-refractivity contribution < 1.29 is 23.5 Å². The molecule has 3 amide bonds.